The van der Waals surface area contributed by atoms with Crippen molar-refractivity contribution in [2.45, 2.75) is 32.2 Å². The topological polar surface area (TPSA) is 113 Å². The normalized spacial score (nSPS) is 16.5. The number of fused-ring (bicyclic) bond motifs is 1. The summed E-state index contributed by atoms with van der Waals surface area (Å²) in [5.41, 5.74) is 3.49. The van der Waals surface area contributed by atoms with E-state index in [1.807, 2.05) is 0 Å². The predicted molar refractivity (Wildman–Crippen MR) is 84.4 cm³/mol. The quantitative estimate of drug-likeness (QED) is 0.595. The lowest BCUT2D eigenvalue weighted by atomic mass is 9.94. The first-order valence-corrected chi connectivity index (χ1v) is 7.36. The van der Waals surface area contributed by atoms with Crippen LogP contribution >= 0.6 is 0 Å². The standard InChI is InChI=1S/C15H17N5O3/c1-9-6-12(20(22)23)3-5-13(9)18-15(21)17-11-2-4-14-10(7-11)8-16-19-14/h3,5-6,8,11H,2,4,7H2,1H3,(H,16,19)(H2,17,18,21). The molecule has 0 aliphatic heterocycles. The summed E-state index contributed by atoms with van der Waals surface area (Å²) in [6.45, 7) is 1.72. The first-order chi connectivity index (χ1) is 11.0. The van der Waals surface area contributed by atoms with Crippen molar-refractivity contribution >= 4 is 17.4 Å². The van der Waals surface area contributed by atoms with E-state index < -0.39 is 4.92 Å². The van der Waals surface area contributed by atoms with E-state index in [4.69, 9.17) is 0 Å². The molecule has 23 heavy (non-hydrogen) atoms. The lowest BCUT2D eigenvalue weighted by Crippen LogP contribution is -2.41. The highest BCUT2D eigenvalue weighted by Gasteiger charge is 2.21. The van der Waals surface area contributed by atoms with Crippen molar-refractivity contribution < 1.29 is 9.72 Å². The molecular weight excluding hydrogens is 298 g/mol. The Labute approximate surface area is 132 Å². The van der Waals surface area contributed by atoms with E-state index in [0.717, 1.165) is 30.5 Å². The van der Waals surface area contributed by atoms with E-state index in [9.17, 15) is 14.9 Å². The van der Waals surface area contributed by atoms with Crippen molar-refractivity contribution in [2.75, 3.05) is 5.32 Å². The Morgan fingerprint density at radius 1 is 1.48 bits per heavy atom. The summed E-state index contributed by atoms with van der Waals surface area (Å²) < 4.78 is 0. The highest BCUT2D eigenvalue weighted by molar-refractivity contribution is 5.90. The molecule has 120 valence electrons. The average molecular weight is 315 g/mol. The number of benzene rings is 1. The Morgan fingerprint density at radius 3 is 3.04 bits per heavy atom. The number of carbonyl (C=O) groups excluding carboxylic acids is 1. The molecule has 8 nitrogen and oxygen atoms in total. The van der Waals surface area contributed by atoms with Gasteiger partial charge in [0, 0.05) is 29.6 Å². The fourth-order valence-electron chi connectivity index (χ4n) is 2.78. The summed E-state index contributed by atoms with van der Waals surface area (Å²) >= 11 is 0. The fourth-order valence-corrected chi connectivity index (χ4v) is 2.78. The van der Waals surface area contributed by atoms with Gasteiger partial charge in [-0.25, -0.2) is 4.79 Å². The molecule has 0 spiro atoms. The summed E-state index contributed by atoms with van der Waals surface area (Å²) in [6, 6.07) is 4.11. The number of aromatic amines is 1. The molecule has 0 saturated heterocycles. The average Bonchev–Trinajstić information content (AvgIpc) is 2.96. The number of hydrogen-bond donors (Lipinski definition) is 3. The van der Waals surface area contributed by atoms with Crippen LogP contribution in [0.4, 0.5) is 16.2 Å². The van der Waals surface area contributed by atoms with Crippen LogP contribution in [0.5, 0.6) is 0 Å². The van der Waals surface area contributed by atoms with E-state index in [-0.39, 0.29) is 17.8 Å². The number of anilines is 1. The lowest BCUT2D eigenvalue weighted by molar-refractivity contribution is -0.384. The number of urea groups is 1. The Bertz CT molecular complexity index is 755. The van der Waals surface area contributed by atoms with Crippen LogP contribution in [0, 0.1) is 17.0 Å². The van der Waals surface area contributed by atoms with Gasteiger partial charge >= 0.3 is 6.03 Å². The molecule has 2 aromatic rings. The van der Waals surface area contributed by atoms with Crippen molar-refractivity contribution in [3.05, 3.63) is 51.3 Å². The number of carbonyl (C=O) groups is 1. The molecule has 1 aromatic heterocycles. The van der Waals surface area contributed by atoms with Crippen LogP contribution in [-0.2, 0) is 12.8 Å². The summed E-state index contributed by atoms with van der Waals surface area (Å²) in [6.07, 6.45) is 4.25. The Kier molecular flexibility index (Phi) is 3.96. The highest BCUT2D eigenvalue weighted by Crippen LogP contribution is 2.22. The Balaban J connectivity index is 1.61. The van der Waals surface area contributed by atoms with Gasteiger partial charge in [0.1, 0.15) is 0 Å². The van der Waals surface area contributed by atoms with Crippen molar-refractivity contribution in [3.8, 4) is 0 Å². The first-order valence-electron chi connectivity index (χ1n) is 7.36. The third-order valence-corrected chi connectivity index (χ3v) is 4.02. The van der Waals surface area contributed by atoms with E-state index in [2.05, 4.69) is 20.8 Å². The maximum atomic E-state index is 12.1. The number of nitro benzene ring substituents is 1. The monoisotopic (exact) mass is 315 g/mol. The molecule has 3 rings (SSSR count). The van der Waals surface area contributed by atoms with Crippen molar-refractivity contribution in [2.24, 2.45) is 0 Å². The number of H-pyrrole nitrogens is 1. The largest absolute Gasteiger partial charge is 0.335 e. The van der Waals surface area contributed by atoms with Gasteiger partial charge in [-0.3, -0.25) is 15.2 Å². The number of nitrogens with zero attached hydrogens (tertiary/aromatic N) is 2. The molecule has 1 aliphatic rings. The number of nitrogens with one attached hydrogen (secondary N) is 3. The SMILES string of the molecule is Cc1cc([N+](=O)[O-])ccc1NC(=O)NC1CCc2[nH]ncc2C1. The van der Waals surface area contributed by atoms with Crippen LogP contribution in [0.3, 0.4) is 0 Å². The maximum Gasteiger partial charge on any atom is 0.319 e. The second-order valence-corrected chi connectivity index (χ2v) is 5.67. The predicted octanol–water partition coefficient (Wildman–Crippen LogP) is 2.31. The molecule has 2 amide bonds. The van der Waals surface area contributed by atoms with Gasteiger partial charge in [-0.2, -0.15) is 5.10 Å². The van der Waals surface area contributed by atoms with Gasteiger partial charge in [0.2, 0.25) is 0 Å². The maximum absolute atomic E-state index is 12.1. The number of nitro groups is 1. The van der Waals surface area contributed by atoms with Gasteiger partial charge in [0.25, 0.3) is 5.69 Å². The summed E-state index contributed by atoms with van der Waals surface area (Å²) in [7, 11) is 0. The molecule has 0 saturated carbocycles. The zero-order chi connectivity index (χ0) is 16.4. The van der Waals surface area contributed by atoms with Crippen LogP contribution in [0.2, 0.25) is 0 Å². The van der Waals surface area contributed by atoms with E-state index >= 15 is 0 Å². The molecule has 1 heterocycles. The second kappa shape index (κ2) is 6.07. The minimum Gasteiger partial charge on any atom is -0.335 e. The van der Waals surface area contributed by atoms with E-state index in [0.29, 0.717) is 11.3 Å². The molecular formula is C15H17N5O3. The lowest BCUT2D eigenvalue weighted by Gasteiger charge is -2.23. The zero-order valence-corrected chi connectivity index (χ0v) is 12.6. The van der Waals surface area contributed by atoms with Gasteiger partial charge < -0.3 is 10.6 Å². The van der Waals surface area contributed by atoms with Crippen LogP contribution in [-0.4, -0.2) is 27.2 Å². The van der Waals surface area contributed by atoms with Crippen molar-refractivity contribution in [1.82, 2.24) is 15.5 Å². The zero-order valence-electron chi connectivity index (χ0n) is 12.6. The smallest absolute Gasteiger partial charge is 0.319 e. The van der Waals surface area contributed by atoms with Crippen molar-refractivity contribution in [1.29, 1.82) is 0 Å². The number of non-ortho nitro benzene ring substituents is 1. The number of aromatic nitrogens is 2. The molecule has 0 bridgehead atoms. The highest BCUT2D eigenvalue weighted by atomic mass is 16.6. The third kappa shape index (κ3) is 3.31. The second-order valence-electron chi connectivity index (χ2n) is 5.67. The van der Waals surface area contributed by atoms with Crippen LogP contribution in [0.1, 0.15) is 23.2 Å². The summed E-state index contributed by atoms with van der Waals surface area (Å²) in [5.74, 6) is 0. The number of amides is 2. The Morgan fingerprint density at radius 2 is 2.30 bits per heavy atom. The van der Waals surface area contributed by atoms with Crippen molar-refractivity contribution in [3.63, 3.8) is 0 Å². The van der Waals surface area contributed by atoms with E-state index in [1.54, 1.807) is 19.2 Å². The number of aryl methyl sites for hydroxylation is 2. The summed E-state index contributed by atoms with van der Waals surface area (Å²) in [4.78, 5) is 22.4. The third-order valence-electron chi connectivity index (χ3n) is 4.02. The molecule has 3 N–H and O–H groups in total. The Hall–Kier alpha value is -2.90. The minimum absolute atomic E-state index is 0.00762. The summed E-state index contributed by atoms with van der Waals surface area (Å²) in [5, 5.41) is 23.4. The van der Waals surface area contributed by atoms with Crippen LogP contribution in [0.15, 0.2) is 24.4 Å². The molecule has 8 heteroatoms. The molecule has 1 aromatic carbocycles. The number of hydrogen-bond acceptors (Lipinski definition) is 4. The fraction of sp³-hybridized carbons (Fsp3) is 0.333. The molecule has 1 aliphatic carbocycles. The van der Waals surface area contributed by atoms with Gasteiger partial charge in [0.15, 0.2) is 0 Å². The van der Waals surface area contributed by atoms with E-state index in [1.165, 1.54) is 12.1 Å². The van der Waals surface area contributed by atoms with Gasteiger partial charge in [-0.15, -0.1) is 0 Å². The molecule has 0 fully saturated rings. The minimum atomic E-state index is -0.457. The van der Waals surface area contributed by atoms with Gasteiger partial charge in [-0.05, 0) is 43.4 Å². The van der Waals surface area contributed by atoms with Crippen LogP contribution in [0.25, 0.3) is 0 Å². The van der Waals surface area contributed by atoms with Crippen LogP contribution < -0.4 is 10.6 Å². The molecule has 0 radical (unpaired) electrons. The van der Waals surface area contributed by atoms with Gasteiger partial charge in [0.05, 0.1) is 11.1 Å². The first kappa shape index (κ1) is 15.0. The van der Waals surface area contributed by atoms with Gasteiger partial charge in [-0.1, -0.05) is 0 Å². The molecule has 1 unspecified atom stereocenters. The number of rotatable bonds is 3. The molecule has 1 atom stereocenters.